The molecule has 2 rings (SSSR count). The van der Waals surface area contributed by atoms with E-state index in [0.29, 0.717) is 6.61 Å². The van der Waals surface area contributed by atoms with Crippen molar-refractivity contribution in [3.63, 3.8) is 0 Å². The van der Waals surface area contributed by atoms with Crippen LogP contribution in [0.2, 0.25) is 5.04 Å². The van der Waals surface area contributed by atoms with E-state index in [0.717, 1.165) is 12.8 Å². The summed E-state index contributed by atoms with van der Waals surface area (Å²) in [4.78, 5) is 11.9. The number of hydrogen-bond donors (Lipinski definition) is 0. The molecule has 0 aliphatic rings. The average molecular weight is 411 g/mol. The number of esters is 1. The summed E-state index contributed by atoms with van der Waals surface area (Å²) in [5, 5.41) is 2.38. The predicted octanol–water partition coefficient (Wildman–Crippen LogP) is 4.85. The van der Waals surface area contributed by atoms with Crippen molar-refractivity contribution in [2.45, 2.75) is 58.6 Å². The van der Waals surface area contributed by atoms with Crippen molar-refractivity contribution < 1.29 is 14.0 Å². The highest BCUT2D eigenvalue weighted by Gasteiger charge is 2.51. The number of hydrogen-bond acceptors (Lipinski definition) is 3. The lowest BCUT2D eigenvalue weighted by Gasteiger charge is -2.44. The van der Waals surface area contributed by atoms with Gasteiger partial charge < -0.3 is 9.16 Å². The van der Waals surface area contributed by atoms with Crippen molar-refractivity contribution >= 4 is 24.7 Å². The molecule has 0 saturated heterocycles. The maximum Gasteiger partial charge on any atom is 0.330 e. The van der Waals surface area contributed by atoms with Gasteiger partial charge in [-0.05, 0) is 34.8 Å². The Morgan fingerprint density at radius 1 is 0.966 bits per heavy atom. The van der Waals surface area contributed by atoms with Gasteiger partial charge in [0.1, 0.15) is 0 Å². The van der Waals surface area contributed by atoms with E-state index in [1.165, 1.54) is 16.4 Å². The van der Waals surface area contributed by atoms with Crippen molar-refractivity contribution in [1.82, 2.24) is 0 Å². The van der Waals surface area contributed by atoms with E-state index in [2.05, 4.69) is 76.2 Å². The fourth-order valence-corrected chi connectivity index (χ4v) is 8.44. The summed E-state index contributed by atoms with van der Waals surface area (Å²) >= 11 is 0. The average Bonchev–Trinajstić information content (AvgIpc) is 2.70. The van der Waals surface area contributed by atoms with Crippen LogP contribution in [0, 0.1) is 0 Å². The highest BCUT2D eigenvalue weighted by Crippen LogP contribution is 2.38. The lowest BCUT2D eigenvalue weighted by Crippen LogP contribution is -2.67. The summed E-state index contributed by atoms with van der Waals surface area (Å²) in [7, 11) is -2.64. The van der Waals surface area contributed by atoms with Crippen molar-refractivity contribution in [3.05, 3.63) is 72.8 Å². The maximum atomic E-state index is 11.9. The molecular weight excluding hydrogens is 376 g/mol. The van der Waals surface area contributed by atoms with Crippen molar-refractivity contribution in [2.24, 2.45) is 0 Å². The Morgan fingerprint density at radius 2 is 1.48 bits per heavy atom. The molecule has 0 saturated carbocycles. The van der Waals surface area contributed by atoms with E-state index in [9.17, 15) is 4.79 Å². The van der Waals surface area contributed by atoms with Gasteiger partial charge in [-0.2, -0.15) is 0 Å². The SMILES string of the molecule is CCC[C@H](/C=C\C(=O)OCC)O[Si](c1ccccc1)(c1ccccc1)C(C)(C)C. The first-order valence-corrected chi connectivity index (χ1v) is 12.4. The molecule has 3 nitrogen and oxygen atoms in total. The molecule has 0 fully saturated rings. The Labute approximate surface area is 176 Å². The molecule has 0 aliphatic heterocycles. The van der Waals surface area contributed by atoms with Crippen LogP contribution in [0.25, 0.3) is 0 Å². The quantitative estimate of drug-likeness (QED) is 0.337. The van der Waals surface area contributed by atoms with Crippen LogP contribution in [0.3, 0.4) is 0 Å². The summed E-state index contributed by atoms with van der Waals surface area (Å²) in [6.07, 6.45) is 5.05. The first-order chi connectivity index (χ1) is 13.8. The van der Waals surface area contributed by atoms with Crippen LogP contribution in [0.15, 0.2) is 72.8 Å². The number of benzene rings is 2. The molecule has 4 heteroatoms. The van der Waals surface area contributed by atoms with E-state index < -0.39 is 8.32 Å². The molecule has 0 amide bonds. The van der Waals surface area contributed by atoms with E-state index in [-0.39, 0.29) is 17.1 Å². The minimum atomic E-state index is -2.64. The van der Waals surface area contributed by atoms with E-state index >= 15 is 0 Å². The van der Waals surface area contributed by atoms with Crippen molar-refractivity contribution in [2.75, 3.05) is 6.61 Å². The molecular formula is C25H34O3Si. The fourth-order valence-electron chi connectivity index (χ4n) is 3.77. The Bertz CT molecular complexity index is 739. The van der Waals surface area contributed by atoms with Gasteiger partial charge in [0.15, 0.2) is 0 Å². The van der Waals surface area contributed by atoms with Crippen molar-refractivity contribution in [3.8, 4) is 0 Å². The normalized spacial score (nSPS) is 13.4. The molecule has 29 heavy (non-hydrogen) atoms. The molecule has 0 spiro atoms. The van der Waals surface area contributed by atoms with Gasteiger partial charge in [0.25, 0.3) is 8.32 Å². The largest absolute Gasteiger partial charge is 0.463 e. The van der Waals surface area contributed by atoms with Crippen molar-refractivity contribution in [1.29, 1.82) is 0 Å². The summed E-state index contributed by atoms with van der Waals surface area (Å²) in [5.41, 5.74) is 0. The summed E-state index contributed by atoms with van der Waals surface area (Å²) in [6.45, 7) is 11.1. The lowest BCUT2D eigenvalue weighted by molar-refractivity contribution is -0.137. The second-order valence-corrected chi connectivity index (χ2v) is 12.5. The van der Waals surface area contributed by atoms with Crippen LogP contribution < -0.4 is 10.4 Å². The minimum absolute atomic E-state index is 0.0978. The summed E-state index contributed by atoms with van der Waals surface area (Å²) in [6, 6.07) is 21.1. The molecule has 0 bridgehead atoms. The second-order valence-electron chi connectivity index (χ2n) is 8.22. The minimum Gasteiger partial charge on any atom is -0.463 e. The van der Waals surface area contributed by atoms with Gasteiger partial charge in [0, 0.05) is 6.08 Å². The van der Waals surface area contributed by atoms with E-state index in [1.54, 1.807) is 0 Å². The maximum absolute atomic E-state index is 11.9. The number of rotatable bonds is 9. The summed E-state index contributed by atoms with van der Waals surface area (Å²) < 4.78 is 12.2. The number of carbonyl (C=O) groups excluding carboxylic acids is 1. The first-order valence-electron chi connectivity index (χ1n) is 10.5. The van der Waals surface area contributed by atoms with Gasteiger partial charge >= 0.3 is 5.97 Å². The Kier molecular flexibility index (Phi) is 8.41. The molecule has 2 aromatic carbocycles. The monoisotopic (exact) mass is 410 g/mol. The molecule has 0 heterocycles. The highest BCUT2D eigenvalue weighted by molar-refractivity contribution is 6.99. The summed E-state index contributed by atoms with van der Waals surface area (Å²) in [5.74, 6) is -0.320. The molecule has 0 radical (unpaired) electrons. The molecule has 1 atom stereocenters. The Balaban J connectivity index is 2.58. The van der Waals surface area contributed by atoms with Gasteiger partial charge in [-0.25, -0.2) is 4.79 Å². The molecule has 156 valence electrons. The van der Waals surface area contributed by atoms with Gasteiger partial charge in [-0.15, -0.1) is 0 Å². The molecule has 0 unspecified atom stereocenters. The van der Waals surface area contributed by atoms with Gasteiger partial charge in [0.05, 0.1) is 12.7 Å². The number of carbonyl (C=O) groups is 1. The van der Waals surface area contributed by atoms with E-state index in [1.807, 2.05) is 25.1 Å². The van der Waals surface area contributed by atoms with Gasteiger partial charge in [0.2, 0.25) is 0 Å². The van der Waals surface area contributed by atoms with Crippen LogP contribution in [-0.2, 0) is 14.0 Å². The fraction of sp³-hybridized carbons (Fsp3) is 0.400. The third-order valence-corrected chi connectivity index (χ3v) is 10.1. The Hall–Kier alpha value is -2.17. The molecule has 0 aliphatic carbocycles. The molecule has 0 N–H and O–H groups in total. The van der Waals surface area contributed by atoms with Gasteiger partial charge in [-0.3, -0.25) is 0 Å². The zero-order valence-electron chi connectivity index (χ0n) is 18.4. The zero-order valence-corrected chi connectivity index (χ0v) is 19.4. The van der Waals surface area contributed by atoms with Crippen LogP contribution in [0.5, 0.6) is 0 Å². The van der Waals surface area contributed by atoms with Crippen LogP contribution in [0.1, 0.15) is 47.5 Å². The third-order valence-electron chi connectivity index (χ3n) is 5.05. The Morgan fingerprint density at radius 3 is 1.90 bits per heavy atom. The smallest absolute Gasteiger partial charge is 0.330 e. The molecule has 2 aromatic rings. The molecule has 0 aromatic heterocycles. The zero-order chi connectivity index (χ0) is 21.3. The van der Waals surface area contributed by atoms with Crippen LogP contribution in [-0.4, -0.2) is 27.0 Å². The standard InChI is InChI=1S/C25H34O3Si/c1-6-14-21(19-20-24(26)27-7-2)28-29(25(3,4)5,22-15-10-8-11-16-22)23-17-12-9-13-18-23/h8-13,15-21H,6-7,14H2,1-5H3/b20-19-/t21-/m1/s1. The lowest BCUT2D eigenvalue weighted by atomic mass is 10.2. The van der Waals surface area contributed by atoms with E-state index in [4.69, 9.17) is 9.16 Å². The highest BCUT2D eigenvalue weighted by atomic mass is 28.4. The second kappa shape index (κ2) is 10.6. The van der Waals surface area contributed by atoms with Gasteiger partial charge in [-0.1, -0.05) is 94.8 Å². The predicted molar refractivity (Wildman–Crippen MR) is 123 cm³/mol. The van der Waals surface area contributed by atoms with Crippen LogP contribution in [0.4, 0.5) is 0 Å². The topological polar surface area (TPSA) is 35.5 Å². The third kappa shape index (κ3) is 5.68. The van der Waals surface area contributed by atoms with Crippen LogP contribution >= 0.6 is 0 Å². The number of ether oxygens (including phenoxy) is 1. The first kappa shape index (κ1) is 23.1.